The number of hydrogen-bond acceptors (Lipinski definition) is 1. The Balaban J connectivity index is 2.12. The molecule has 3 atom stereocenters. The second-order valence-electron chi connectivity index (χ2n) is 3.25. The Bertz CT molecular complexity index is 105. The number of hydrogen-bond donors (Lipinski definition) is 0. The van der Waals surface area contributed by atoms with Crippen LogP contribution in [0, 0.1) is 17.8 Å². The summed E-state index contributed by atoms with van der Waals surface area (Å²) in [7, 11) is 1.76. The summed E-state index contributed by atoms with van der Waals surface area (Å²) < 4.78 is 5.05. The maximum Gasteiger partial charge on any atom is 0.0490 e. The van der Waals surface area contributed by atoms with Gasteiger partial charge in [-0.1, -0.05) is 6.92 Å². The average Bonchev–Trinajstić information content (AvgIpc) is 2.66. The molecule has 0 bridgehead atoms. The van der Waals surface area contributed by atoms with E-state index in [1.807, 2.05) is 0 Å². The van der Waals surface area contributed by atoms with Crippen LogP contribution in [0.3, 0.4) is 0 Å². The highest BCUT2D eigenvalue weighted by atomic mass is 35.5. The lowest BCUT2D eigenvalue weighted by Gasteiger charge is -2.07. The van der Waals surface area contributed by atoms with E-state index in [-0.39, 0.29) is 0 Å². The molecule has 1 aliphatic carbocycles. The van der Waals surface area contributed by atoms with Crippen LogP contribution < -0.4 is 0 Å². The largest absolute Gasteiger partial charge is 0.384 e. The van der Waals surface area contributed by atoms with Crippen LogP contribution in [-0.4, -0.2) is 19.6 Å². The maximum absolute atomic E-state index is 5.70. The van der Waals surface area contributed by atoms with E-state index in [9.17, 15) is 0 Å². The molecule has 10 heavy (non-hydrogen) atoms. The van der Waals surface area contributed by atoms with Gasteiger partial charge in [-0.2, -0.15) is 0 Å². The number of halogens is 1. The van der Waals surface area contributed by atoms with Crippen LogP contribution in [0.2, 0.25) is 0 Å². The molecular weight excluding hydrogens is 148 g/mol. The molecular formula is C8H15ClO. The molecule has 0 aromatic rings. The minimum atomic E-state index is 0.703. The van der Waals surface area contributed by atoms with Gasteiger partial charge in [-0.25, -0.2) is 0 Å². The molecule has 3 unspecified atom stereocenters. The van der Waals surface area contributed by atoms with Crippen LogP contribution in [0.4, 0.5) is 0 Å². The molecule has 0 radical (unpaired) electrons. The summed E-state index contributed by atoms with van der Waals surface area (Å²) >= 11 is 5.70. The quantitative estimate of drug-likeness (QED) is 0.576. The van der Waals surface area contributed by atoms with E-state index >= 15 is 0 Å². The normalized spacial score (nSPS) is 33.9. The molecule has 1 fully saturated rings. The number of rotatable bonds is 4. The molecule has 0 aromatic carbocycles. The third kappa shape index (κ3) is 1.86. The van der Waals surface area contributed by atoms with Crippen molar-refractivity contribution >= 4 is 11.6 Å². The predicted molar refractivity (Wildman–Crippen MR) is 43.4 cm³/mol. The first-order chi connectivity index (χ1) is 4.79. The standard InChI is InChI=1S/C8H15ClO/c1-6(5-10-2)8-3-7(8)4-9/h6-8H,3-5H2,1-2H3. The second-order valence-corrected chi connectivity index (χ2v) is 3.56. The minimum absolute atomic E-state index is 0.703. The smallest absolute Gasteiger partial charge is 0.0490 e. The molecule has 1 aliphatic rings. The van der Waals surface area contributed by atoms with E-state index in [0.717, 1.165) is 24.3 Å². The Morgan fingerprint density at radius 1 is 1.70 bits per heavy atom. The summed E-state index contributed by atoms with van der Waals surface area (Å²) in [4.78, 5) is 0. The van der Waals surface area contributed by atoms with E-state index in [1.165, 1.54) is 6.42 Å². The highest BCUT2D eigenvalue weighted by molar-refractivity contribution is 6.18. The first-order valence-electron chi connectivity index (χ1n) is 3.84. The highest BCUT2D eigenvalue weighted by Gasteiger charge is 2.39. The van der Waals surface area contributed by atoms with Crippen LogP contribution >= 0.6 is 11.6 Å². The monoisotopic (exact) mass is 162 g/mol. The van der Waals surface area contributed by atoms with Crippen molar-refractivity contribution in [2.75, 3.05) is 19.6 Å². The fraction of sp³-hybridized carbons (Fsp3) is 1.00. The van der Waals surface area contributed by atoms with Gasteiger partial charge in [0.2, 0.25) is 0 Å². The first-order valence-corrected chi connectivity index (χ1v) is 4.38. The Hall–Kier alpha value is 0.250. The van der Waals surface area contributed by atoms with E-state index in [2.05, 4.69) is 6.92 Å². The third-order valence-electron chi connectivity index (χ3n) is 2.34. The van der Waals surface area contributed by atoms with Gasteiger partial charge >= 0.3 is 0 Å². The SMILES string of the molecule is COCC(C)C1CC1CCl. The highest BCUT2D eigenvalue weighted by Crippen LogP contribution is 2.44. The van der Waals surface area contributed by atoms with Crippen molar-refractivity contribution in [2.45, 2.75) is 13.3 Å². The van der Waals surface area contributed by atoms with Crippen LogP contribution in [0.1, 0.15) is 13.3 Å². The van der Waals surface area contributed by atoms with Crippen molar-refractivity contribution in [1.82, 2.24) is 0 Å². The van der Waals surface area contributed by atoms with Crippen LogP contribution in [0.5, 0.6) is 0 Å². The van der Waals surface area contributed by atoms with Crippen molar-refractivity contribution in [2.24, 2.45) is 17.8 Å². The van der Waals surface area contributed by atoms with E-state index in [1.54, 1.807) is 7.11 Å². The molecule has 1 rings (SSSR count). The van der Waals surface area contributed by atoms with E-state index < -0.39 is 0 Å². The molecule has 60 valence electrons. The minimum Gasteiger partial charge on any atom is -0.384 e. The molecule has 0 aromatic heterocycles. The van der Waals surface area contributed by atoms with Gasteiger partial charge in [-0.15, -0.1) is 11.6 Å². The summed E-state index contributed by atoms with van der Waals surface area (Å²) in [6, 6.07) is 0. The van der Waals surface area contributed by atoms with Crippen molar-refractivity contribution < 1.29 is 4.74 Å². The molecule has 0 spiro atoms. The number of alkyl halides is 1. The molecule has 0 N–H and O–H groups in total. The van der Waals surface area contributed by atoms with Gasteiger partial charge in [0.15, 0.2) is 0 Å². The summed E-state index contributed by atoms with van der Waals surface area (Å²) in [6.07, 6.45) is 1.31. The predicted octanol–water partition coefficient (Wildman–Crippen LogP) is 2.14. The fourth-order valence-corrected chi connectivity index (χ4v) is 1.89. The Labute approximate surface area is 67.7 Å². The van der Waals surface area contributed by atoms with Gasteiger partial charge in [-0.05, 0) is 24.2 Å². The molecule has 1 nitrogen and oxygen atoms in total. The third-order valence-corrected chi connectivity index (χ3v) is 2.73. The molecule has 0 amide bonds. The summed E-state index contributed by atoms with van der Waals surface area (Å²) in [5.74, 6) is 3.16. The van der Waals surface area contributed by atoms with Crippen molar-refractivity contribution in [3.8, 4) is 0 Å². The lowest BCUT2D eigenvalue weighted by Crippen LogP contribution is -2.07. The number of methoxy groups -OCH3 is 1. The molecule has 0 aliphatic heterocycles. The Morgan fingerprint density at radius 2 is 2.40 bits per heavy atom. The lowest BCUT2D eigenvalue weighted by molar-refractivity contribution is 0.148. The molecule has 0 heterocycles. The van der Waals surface area contributed by atoms with E-state index in [0.29, 0.717) is 5.92 Å². The van der Waals surface area contributed by atoms with Gasteiger partial charge in [0.25, 0.3) is 0 Å². The average molecular weight is 163 g/mol. The summed E-state index contributed by atoms with van der Waals surface area (Å²) in [5, 5.41) is 0. The zero-order valence-corrected chi connectivity index (χ0v) is 7.40. The topological polar surface area (TPSA) is 9.23 Å². The van der Waals surface area contributed by atoms with Gasteiger partial charge in [0.05, 0.1) is 0 Å². The second kappa shape index (κ2) is 3.59. The molecule has 0 saturated heterocycles. The summed E-state index contributed by atoms with van der Waals surface area (Å²) in [5.41, 5.74) is 0. The van der Waals surface area contributed by atoms with Gasteiger partial charge in [0, 0.05) is 19.6 Å². The van der Waals surface area contributed by atoms with Crippen LogP contribution in [-0.2, 0) is 4.74 Å². The van der Waals surface area contributed by atoms with Crippen LogP contribution in [0.15, 0.2) is 0 Å². The van der Waals surface area contributed by atoms with Crippen LogP contribution in [0.25, 0.3) is 0 Å². The molecule has 2 heteroatoms. The Morgan fingerprint density at radius 3 is 2.80 bits per heavy atom. The maximum atomic E-state index is 5.70. The van der Waals surface area contributed by atoms with Crippen molar-refractivity contribution in [3.63, 3.8) is 0 Å². The van der Waals surface area contributed by atoms with Gasteiger partial charge in [0.1, 0.15) is 0 Å². The fourth-order valence-electron chi connectivity index (χ4n) is 1.53. The lowest BCUT2D eigenvalue weighted by atomic mass is 10.1. The van der Waals surface area contributed by atoms with Gasteiger partial charge in [-0.3, -0.25) is 0 Å². The van der Waals surface area contributed by atoms with Gasteiger partial charge < -0.3 is 4.74 Å². The summed E-state index contributed by atoms with van der Waals surface area (Å²) in [6.45, 7) is 3.12. The van der Waals surface area contributed by atoms with Crippen molar-refractivity contribution in [3.05, 3.63) is 0 Å². The molecule has 1 saturated carbocycles. The van der Waals surface area contributed by atoms with E-state index in [4.69, 9.17) is 16.3 Å². The Kier molecular flexibility index (Phi) is 2.99. The zero-order chi connectivity index (χ0) is 7.56. The zero-order valence-electron chi connectivity index (χ0n) is 6.64. The van der Waals surface area contributed by atoms with Crippen molar-refractivity contribution in [1.29, 1.82) is 0 Å². The first kappa shape index (κ1) is 8.35. The number of ether oxygens (including phenoxy) is 1.